The zero-order valence-electron chi connectivity index (χ0n) is 19.8. The molecule has 1 aliphatic rings. The smallest absolute Gasteiger partial charge is 0.290 e. The molecule has 0 bridgehead atoms. The molecule has 3 rings (SSSR count). The number of hydrogen-bond acceptors (Lipinski definition) is 6. The Morgan fingerprint density at radius 1 is 1.21 bits per heavy atom. The van der Waals surface area contributed by atoms with Crippen molar-refractivity contribution in [3.63, 3.8) is 0 Å². The number of sulfonamides is 1. The first kappa shape index (κ1) is 28.5. The van der Waals surface area contributed by atoms with Crippen LogP contribution in [0.2, 0.25) is 0 Å². The molecule has 1 aliphatic carbocycles. The maximum Gasteiger partial charge on any atom is 0.290 e. The van der Waals surface area contributed by atoms with Gasteiger partial charge < -0.3 is 15.2 Å². The van der Waals surface area contributed by atoms with E-state index < -0.39 is 37.7 Å². The van der Waals surface area contributed by atoms with Gasteiger partial charge in [-0.3, -0.25) is 14.1 Å². The minimum Gasteiger partial charge on any atom is -0.397 e. The molecule has 0 unspecified atom stereocenters. The van der Waals surface area contributed by atoms with E-state index in [0.717, 1.165) is 10.8 Å². The van der Waals surface area contributed by atoms with Gasteiger partial charge in [0.05, 0.1) is 16.1 Å². The number of hydrogen-bond donors (Lipinski definition) is 3. The SMILES string of the molecule is CC.CCO.COCn1cc(NS(=O)(=O)C2(C)CC2)c(Nc2ccc(C)cc2F)c(F)c1=O. The van der Waals surface area contributed by atoms with Crippen LogP contribution in [0.3, 0.4) is 0 Å². The van der Waals surface area contributed by atoms with E-state index in [0.29, 0.717) is 18.4 Å². The highest BCUT2D eigenvalue weighted by atomic mass is 32.2. The van der Waals surface area contributed by atoms with E-state index in [1.54, 1.807) is 26.8 Å². The third-order valence-corrected chi connectivity index (χ3v) is 6.92. The number of aliphatic hydroxyl groups excluding tert-OH is 1. The molecule has 11 heteroatoms. The molecule has 0 amide bonds. The monoisotopic (exact) mass is 489 g/mol. The Kier molecular flexibility index (Phi) is 10.5. The minimum atomic E-state index is -3.84. The van der Waals surface area contributed by atoms with E-state index >= 15 is 0 Å². The van der Waals surface area contributed by atoms with Crippen LogP contribution in [0.1, 0.15) is 46.1 Å². The van der Waals surface area contributed by atoms with Crippen molar-refractivity contribution in [2.45, 2.75) is 58.9 Å². The van der Waals surface area contributed by atoms with Gasteiger partial charge in [0.25, 0.3) is 5.56 Å². The van der Waals surface area contributed by atoms with Gasteiger partial charge in [-0.1, -0.05) is 19.9 Å². The maximum absolute atomic E-state index is 14.8. The molecule has 0 saturated heterocycles. The minimum absolute atomic E-state index is 0.0912. The molecular weight excluding hydrogens is 456 g/mol. The summed E-state index contributed by atoms with van der Waals surface area (Å²) in [6.45, 7) is 8.92. The second kappa shape index (κ2) is 12.1. The average molecular weight is 490 g/mol. The van der Waals surface area contributed by atoms with Crippen LogP contribution in [0.25, 0.3) is 0 Å². The Labute approximate surface area is 193 Å². The van der Waals surface area contributed by atoms with Crippen LogP contribution in [0, 0.1) is 18.6 Å². The van der Waals surface area contributed by atoms with Gasteiger partial charge in [0, 0.05) is 19.9 Å². The van der Waals surface area contributed by atoms with Crippen molar-refractivity contribution in [1.29, 1.82) is 0 Å². The third kappa shape index (κ3) is 6.99. The van der Waals surface area contributed by atoms with E-state index in [9.17, 15) is 22.0 Å². The van der Waals surface area contributed by atoms with Crippen molar-refractivity contribution in [1.82, 2.24) is 4.57 Å². The summed E-state index contributed by atoms with van der Waals surface area (Å²) in [4.78, 5) is 12.2. The van der Waals surface area contributed by atoms with E-state index in [4.69, 9.17) is 9.84 Å². The van der Waals surface area contributed by atoms with Crippen LogP contribution < -0.4 is 15.6 Å². The van der Waals surface area contributed by atoms with Crippen LogP contribution in [-0.4, -0.2) is 36.6 Å². The summed E-state index contributed by atoms with van der Waals surface area (Å²) in [6, 6.07) is 4.22. The molecular formula is C22H33F2N3O5S. The number of ether oxygens (including phenoxy) is 1. The molecule has 2 aromatic rings. The quantitative estimate of drug-likeness (QED) is 0.540. The second-order valence-corrected chi connectivity index (χ2v) is 9.60. The molecule has 0 spiro atoms. The molecule has 8 nitrogen and oxygen atoms in total. The van der Waals surface area contributed by atoms with E-state index in [2.05, 4.69) is 10.0 Å². The van der Waals surface area contributed by atoms with Crippen LogP contribution in [0.5, 0.6) is 0 Å². The lowest BCUT2D eigenvalue weighted by atomic mass is 10.2. The highest BCUT2D eigenvalue weighted by Gasteiger charge is 2.50. The Bertz CT molecular complexity index is 1100. The summed E-state index contributed by atoms with van der Waals surface area (Å²) in [5, 5.41) is 10.1. The first-order valence-corrected chi connectivity index (χ1v) is 12.1. The zero-order valence-corrected chi connectivity index (χ0v) is 20.6. The first-order valence-electron chi connectivity index (χ1n) is 10.6. The van der Waals surface area contributed by atoms with Crippen molar-refractivity contribution in [3.05, 3.63) is 51.9 Å². The molecule has 1 aromatic carbocycles. The summed E-state index contributed by atoms with van der Waals surface area (Å²) < 4.78 is 61.4. The van der Waals surface area contributed by atoms with E-state index in [-0.39, 0.29) is 24.7 Å². The predicted molar refractivity (Wildman–Crippen MR) is 126 cm³/mol. The molecule has 186 valence electrons. The number of methoxy groups -OCH3 is 1. The fourth-order valence-corrected chi connectivity index (χ4v) is 3.96. The number of anilines is 3. The van der Waals surface area contributed by atoms with Crippen molar-refractivity contribution in [3.8, 4) is 0 Å². The number of pyridine rings is 1. The Balaban J connectivity index is 0.00000101. The molecule has 0 atom stereocenters. The second-order valence-electron chi connectivity index (χ2n) is 7.40. The van der Waals surface area contributed by atoms with Crippen molar-refractivity contribution >= 4 is 27.1 Å². The number of nitrogens with zero attached hydrogens (tertiary/aromatic N) is 1. The Morgan fingerprint density at radius 3 is 2.27 bits per heavy atom. The molecule has 33 heavy (non-hydrogen) atoms. The number of aromatic nitrogens is 1. The van der Waals surface area contributed by atoms with Crippen LogP contribution >= 0.6 is 0 Å². The van der Waals surface area contributed by atoms with Gasteiger partial charge in [-0.25, -0.2) is 12.8 Å². The lowest BCUT2D eigenvalue weighted by Gasteiger charge is -2.19. The maximum atomic E-state index is 14.8. The normalized spacial score (nSPS) is 13.7. The molecule has 1 fully saturated rings. The highest BCUT2D eigenvalue weighted by Crippen LogP contribution is 2.44. The number of nitrogens with one attached hydrogen (secondary N) is 2. The van der Waals surface area contributed by atoms with Gasteiger partial charge in [-0.2, -0.15) is 4.39 Å². The highest BCUT2D eigenvalue weighted by molar-refractivity contribution is 7.94. The lowest BCUT2D eigenvalue weighted by molar-refractivity contribution is 0.127. The van der Waals surface area contributed by atoms with Gasteiger partial charge in [0.2, 0.25) is 15.8 Å². The largest absolute Gasteiger partial charge is 0.397 e. The fraction of sp³-hybridized carbons (Fsp3) is 0.500. The Morgan fingerprint density at radius 2 is 1.79 bits per heavy atom. The predicted octanol–water partition coefficient (Wildman–Crippen LogP) is 4.10. The van der Waals surface area contributed by atoms with Crippen molar-refractivity contribution in [2.24, 2.45) is 0 Å². The number of aryl methyl sites for hydroxylation is 1. The third-order valence-electron chi connectivity index (χ3n) is 4.72. The van der Waals surface area contributed by atoms with Gasteiger partial charge in [0.15, 0.2) is 0 Å². The summed E-state index contributed by atoms with van der Waals surface area (Å²) >= 11 is 0. The van der Waals surface area contributed by atoms with Crippen LogP contribution in [-0.2, 0) is 21.5 Å². The molecule has 0 radical (unpaired) electrons. The summed E-state index contributed by atoms with van der Waals surface area (Å²) in [7, 11) is -2.53. The summed E-state index contributed by atoms with van der Waals surface area (Å²) in [5.41, 5.74) is -1.12. The van der Waals surface area contributed by atoms with Crippen LogP contribution in [0.4, 0.5) is 25.8 Å². The fourth-order valence-electron chi connectivity index (χ4n) is 2.63. The van der Waals surface area contributed by atoms with Crippen molar-refractivity contribution in [2.75, 3.05) is 23.8 Å². The van der Waals surface area contributed by atoms with E-state index in [1.165, 1.54) is 19.2 Å². The molecule has 0 aliphatic heterocycles. The van der Waals surface area contributed by atoms with E-state index in [1.807, 2.05) is 13.8 Å². The van der Waals surface area contributed by atoms with Gasteiger partial charge >= 0.3 is 0 Å². The van der Waals surface area contributed by atoms with Crippen LogP contribution in [0.15, 0.2) is 29.2 Å². The van der Waals surface area contributed by atoms with Gasteiger partial charge in [0.1, 0.15) is 18.2 Å². The number of halogens is 2. The zero-order chi connectivity index (χ0) is 25.4. The molecule has 1 aromatic heterocycles. The van der Waals surface area contributed by atoms with Crippen molar-refractivity contribution < 1.29 is 27.0 Å². The number of benzene rings is 1. The van der Waals surface area contributed by atoms with Gasteiger partial charge in [-0.05, 0) is 51.3 Å². The topological polar surface area (TPSA) is 110 Å². The summed E-state index contributed by atoms with van der Waals surface area (Å²) in [5.74, 6) is -1.92. The standard InChI is InChI=1S/C18H21F2N3O4S.C2H6O.C2H6/c1-11-4-5-13(12(19)8-11)21-16-14(22-28(25,26)18(2)6-7-18)9-23(10-27-3)17(24)15(16)20;1-2-3;1-2/h4-5,8-9,21-22H,6-7,10H2,1-3H3;3H,2H2,1H3;1-2H3. The average Bonchev–Trinajstić information content (AvgIpc) is 3.52. The lowest BCUT2D eigenvalue weighted by Crippen LogP contribution is -2.30. The molecule has 1 saturated carbocycles. The first-order chi connectivity index (χ1) is 15.5. The summed E-state index contributed by atoms with van der Waals surface area (Å²) in [6.07, 6.45) is 2.07. The Hall–Kier alpha value is -2.50. The number of aliphatic hydroxyl groups is 1. The van der Waals surface area contributed by atoms with Gasteiger partial charge in [-0.15, -0.1) is 0 Å². The number of rotatable bonds is 7. The molecule has 1 heterocycles. The molecule has 3 N–H and O–H groups in total.